The van der Waals surface area contributed by atoms with Crippen LogP contribution >= 0.6 is 12.4 Å². The molecule has 1 saturated carbocycles. The first-order valence-electron chi connectivity index (χ1n) is 6.92. The number of rotatable bonds is 8. The van der Waals surface area contributed by atoms with Crippen LogP contribution in [0.5, 0.6) is 5.75 Å². The molecular weight excluding hydrogens is 292 g/mol. The van der Waals surface area contributed by atoms with Crippen LogP contribution in [0.3, 0.4) is 0 Å². The number of hydrogen-bond donors (Lipinski definition) is 2. The Balaban J connectivity index is 0.00000220. The third kappa shape index (κ3) is 5.53. The van der Waals surface area contributed by atoms with E-state index in [1.807, 2.05) is 24.3 Å². The molecule has 0 saturated heterocycles. The summed E-state index contributed by atoms with van der Waals surface area (Å²) >= 11 is 0. The second kappa shape index (κ2) is 8.22. The van der Waals surface area contributed by atoms with Gasteiger partial charge in [0.1, 0.15) is 5.75 Å². The molecule has 1 aromatic carbocycles. The molecule has 21 heavy (non-hydrogen) atoms. The van der Waals surface area contributed by atoms with E-state index in [1.165, 1.54) is 0 Å². The summed E-state index contributed by atoms with van der Waals surface area (Å²) in [4.78, 5) is 11.6. The van der Waals surface area contributed by atoms with Crippen molar-refractivity contribution in [2.45, 2.75) is 31.4 Å². The number of halogens is 1. The van der Waals surface area contributed by atoms with Gasteiger partial charge in [0.05, 0.1) is 19.3 Å². The molecule has 2 rings (SSSR count). The Labute approximate surface area is 131 Å². The second-order valence-electron chi connectivity index (χ2n) is 5.17. The van der Waals surface area contributed by atoms with Crippen LogP contribution in [0.2, 0.25) is 0 Å². The molecule has 3 N–H and O–H groups in total. The molecule has 0 bridgehead atoms. The summed E-state index contributed by atoms with van der Waals surface area (Å²) in [6, 6.07) is 7.78. The van der Waals surface area contributed by atoms with Crippen molar-refractivity contribution in [3.05, 3.63) is 29.8 Å². The third-order valence-corrected chi connectivity index (χ3v) is 3.42. The Hall–Kier alpha value is -1.30. The SMILES string of the molecule is COc1ccc(COCCCNC(=O)C2(N)CC2)cc1.Cl. The van der Waals surface area contributed by atoms with Crippen LogP contribution in [0.4, 0.5) is 0 Å². The van der Waals surface area contributed by atoms with Gasteiger partial charge in [0.2, 0.25) is 5.91 Å². The van der Waals surface area contributed by atoms with Gasteiger partial charge < -0.3 is 20.5 Å². The summed E-state index contributed by atoms with van der Waals surface area (Å²) in [5.74, 6) is 0.805. The predicted octanol–water partition coefficient (Wildman–Crippen LogP) is 1.63. The summed E-state index contributed by atoms with van der Waals surface area (Å²) in [5.41, 5.74) is 6.30. The fourth-order valence-corrected chi connectivity index (χ4v) is 1.83. The molecule has 0 heterocycles. The van der Waals surface area contributed by atoms with Crippen LogP contribution in [0.1, 0.15) is 24.8 Å². The van der Waals surface area contributed by atoms with Gasteiger partial charge in [-0.15, -0.1) is 12.4 Å². The molecule has 0 aromatic heterocycles. The lowest BCUT2D eigenvalue weighted by Crippen LogP contribution is -2.43. The van der Waals surface area contributed by atoms with E-state index in [0.717, 1.165) is 30.6 Å². The monoisotopic (exact) mass is 314 g/mol. The van der Waals surface area contributed by atoms with Gasteiger partial charge in [-0.1, -0.05) is 12.1 Å². The van der Waals surface area contributed by atoms with E-state index in [-0.39, 0.29) is 18.3 Å². The van der Waals surface area contributed by atoms with Gasteiger partial charge in [-0.3, -0.25) is 4.79 Å². The normalized spacial score (nSPS) is 15.0. The second-order valence-corrected chi connectivity index (χ2v) is 5.17. The van der Waals surface area contributed by atoms with Crippen molar-refractivity contribution >= 4 is 18.3 Å². The van der Waals surface area contributed by atoms with Crippen molar-refractivity contribution in [2.24, 2.45) is 5.73 Å². The summed E-state index contributed by atoms with van der Waals surface area (Å²) in [6.45, 7) is 1.79. The molecule has 1 amide bonds. The number of carbonyl (C=O) groups excluding carboxylic acids is 1. The van der Waals surface area contributed by atoms with Gasteiger partial charge in [0, 0.05) is 13.2 Å². The first-order chi connectivity index (χ1) is 9.64. The van der Waals surface area contributed by atoms with Gasteiger partial charge in [0.15, 0.2) is 0 Å². The molecule has 0 spiro atoms. The van der Waals surface area contributed by atoms with Crippen LogP contribution in [-0.4, -0.2) is 31.7 Å². The highest BCUT2D eigenvalue weighted by atomic mass is 35.5. The maximum Gasteiger partial charge on any atom is 0.240 e. The smallest absolute Gasteiger partial charge is 0.240 e. The first kappa shape index (κ1) is 17.8. The molecule has 118 valence electrons. The zero-order valence-corrected chi connectivity index (χ0v) is 13.1. The van der Waals surface area contributed by atoms with Gasteiger partial charge in [0.25, 0.3) is 0 Å². The standard InChI is InChI=1S/C15H22N2O3.ClH/c1-19-13-5-3-12(4-6-13)11-20-10-2-9-17-14(18)15(16)7-8-15;/h3-6H,2,7-11,16H2,1H3,(H,17,18);1H. The van der Waals surface area contributed by atoms with Gasteiger partial charge in [-0.25, -0.2) is 0 Å². The number of amides is 1. The average Bonchev–Trinajstić information content (AvgIpc) is 3.22. The number of nitrogens with one attached hydrogen (secondary N) is 1. The zero-order chi connectivity index (χ0) is 14.4. The Morgan fingerprint density at radius 3 is 2.57 bits per heavy atom. The topological polar surface area (TPSA) is 73.6 Å². The molecule has 5 nitrogen and oxygen atoms in total. The minimum absolute atomic E-state index is 0. The number of benzene rings is 1. The molecule has 0 unspecified atom stereocenters. The predicted molar refractivity (Wildman–Crippen MR) is 83.7 cm³/mol. The lowest BCUT2D eigenvalue weighted by Gasteiger charge is -2.10. The minimum atomic E-state index is -0.579. The van der Waals surface area contributed by atoms with E-state index in [0.29, 0.717) is 19.8 Å². The highest BCUT2D eigenvalue weighted by Crippen LogP contribution is 2.31. The molecule has 0 radical (unpaired) electrons. The Bertz CT molecular complexity index is 447. The number of ether oxygens (including phenoxy) is 2. The Morgan fingerprint density at radius 2 is 2.00 bits per heavy atom. The van der Waals surface area contributed by atoms with Gasteiger partial charge >= 0.3 is 0 Å². The minimum Gasteiger partial charge on any atom is -0.497 e. The molecule has 1 fully saturated rings. The Kier molecular flexibility index (Phi) is 6.95. The van der Waals surface area contributed by atoms with Crippen LogP contribution in [0.25, 0.3) is 0 Å². The number of carbonyl (C=O) groups is 1. The molecule has 1 aliphatic rings. The molecule has 1 aliphatic carbocycles. The van der Waals surface area contributed by atoms with Crippen molar-refractivity contribution in [3.63, 3.8) is 0 Å². The molecule has 6 heteroatoms. The summed E-state index contributed by atoms with van der Waals surface area (Å²) in [5, 5.41) is 2.84. The quantitative estimate of drug-likeness (QED) is 0.715. The molecule has 0 aliphatic heterocycles. The highest BCUT2D eigenvalue weighted by Gasteiger charge is 2.45. The fourth-order valence-electron chi connectivity index (χ4n) is 1.83. The van der Waals surface area contributed by atoms with Gasteiger partial charge in [-0.2, -0.15) is 0 Å². The van der Waals surface area contributed by atoms with Gasteiger partial charge in [-0.05, 0) is 37.0 Å². The molecular formula is C15H23ClN2O3. The van der Waals surface area contributed by atoms with E-state index in [4.69, 9.17) is 15.2 Å². The van der Waals surface area contributed by atoms with E-state index in [9.17, 15) is 4.79 Å². The number of hydrogen-bond acceptors (Lipinski definition) is 4. The van der Waals surface area contributed by atoms with Crippen molar-refractivity contribution in [1.82, 2.24) is 5.32 Å². The van der Waals surface area contributed by atoms with Crippen molar-refractivity contribution in [2.75, 3.05) is 20.3 Å². The van der Waals surface area contributed by atoms with E-state index >= 15 is 0 Å². The number of methoxy groups -OCH3 is 1. The molecule has 1 aromatic rings. The third-order valence-electron chi connectivity index (χ3n) is 3.42. The van der Waals surface area contributed by atoms with Crippen LogP contribution < -0.4 is 15.8 Å². The van der Waals surface area contributed by atoms with E-state index < -0.39 is 5.54 Å². The summed E-state index contributed by atoms with van der Waals surface area (Å²) in [7, 11) is 1.65. The molecule has 0 atom stereocenters. The van der Waals surface area contributed by atoms with Crippen LogP contribution in [0.15, 0.2) is 24.3 Å². The Morgan fingerprint density at radius 1 is 1.33 bits per heavy atom. The van der Waals surface area contributed by atoms with Crippen molar-refractivity contribution < 1.29 is 14.3 Å². The fraction of sp³-hybridized carbons (Fsp3) is 0.533. The number of nitrogens with two attached hydrogens (primary N) is 1. The van der Waals surface area contributed by atoms with Crippen LogP contribution in [0, 0.1) is 0 Å². The first-order valence-corrected chi connectivity index (χ1v) is 6.92. The maximum atomic E-state index is 11.6. The summed E-state index contributed by atoms with van der Waals surface area (Å²) < 4.78 is 10.6. The van der Waals surface area contributed by atoms with Crippen LogP contribution in [-0.2, 0) is 16.1 Å². The lowest BCUT2D eigenvalue weighted by atomic mass is 10.2. The largest absolute Gasteiger partial charge is 0.497 e. The van der Waals surface area contributed by atoms with E-state index in [1.54, 1.807) is 7.11 Å². The highest BCUT2D eigenvalue weighted by molar-refractivity contribution is 5.88. The summed E-state index contributed by atoms with van der Waals surface area (Å²) in [6.07, 6.45) is 2.39. The van der Waals surface area contributed by atoms with Crippen molar-refractivity contribution in [3.8, 4) is 5.75 Å². The maximum absolute atomic E-state index is 11.6. The van der Waals surface area contributed by atoms with Crippen molar-refractivity contribution in [1.29, 1.82) is 0 Å². The zero-order valence-electron chi connectivity index (χ0n) is 12.3. The average molecular weight is 315 g/mol. The lowest BCUT2D eigenvalue weighted by molar-refractivity contribution is -0.123. The van der Waals surface area contributed by atoms with E-state index in [2.05, 4.69) is 5.32 Å².